The Balaban J connectivity index is 4.40. The lowest BCUT2D eigenvalue weighted by Gasteiger charge is -2.28. The van der Waals surface area contributed by atoms with Crippen molar-refractivity contribution in [3.05, 3.63) is 60.8 Å². The molecular formula is C50H90NO9P. The van der Waals surface area contributed by atoms with Crippen molar-refractivity contribution in [2.45, 2.75) is 199 Å². The number of phosphoric acid groups is 1. The second-order valence-electron chi connectivity index (χ2n) is 17.3. The molecule has 0 fully saturated rings. The van der Waals surface area contributed by atoms with Crippen LogP contribution in [0.2, 0.25) is 0 Å². The second kappa shape index (κ2) is 41.7. The van der Waals surface area contributed by atoms with Gasteiger partial charge in [0.2, 0.25) is 0 Å². The number of allylic oxidation sites excluding steroid dienone is 10. The van der Waals surface area contributed by atoms with E-state index in [2.05, 4.69) is 61.6 Å². The second-order valence-corrected chi connectivity index (χ2v) is 18.7. The van der Waals surface area contributed by atoms with Gasteiger partial charge in [-0.3, -0.25) is 14.2 Å². The van der Waals surface area contributed by atoms with Gasteiger partial charge in [-0.1, -0.05) is 152 Å². The molecule has 0 radical (unpaired) electrons. The number of quaternary nitrogens is 1. The van der Waals surface area contributed by atoms with Gasteiger partial charge in [0.05, 0.1) is 33.9 Å². The number of rotatable bonds is 43. The van der Waals surface area contributed by atoms with E-state index in [1.165, 1.54) is 83.5 Å². The van der Waals surface area contributed by atoms with Crippen LogP contribution in [0.3, 0.4) is 0 Å². The van der Waals surface area contributed by atoms with Crippen LogP contribution in [0.4, 0.5) is 0 Å². The van der Waals surface area contributed by atoms with Crippen molar-refractivity contribution in [2.24, 2.45) is 0 Å². The lowest BCUT2D eigenvalue weighted by molar-refractivity contribution is -0.870. The third-order valence-corrected chi connectivity index (χ3v) is 11.1. The minimum Gasteiger partial charge on any atom is -0.756 e. The van der Waals surface area contributed by atoms with Gasteiger partial charge < -0.3 is 33.0 Å². The van der Waals surface area contributed by atoms with Crippen molar-refractivity contribution in [1.29, 1.82) is 0 Å². The van der Waals surface area contributed by atoms with Crippen LogP contribution in [0, 0.1) is 0 Å². The molecule has 0 aliphatic carbocycles. The van der Waals surface area contributed by atoms with Crippen molar-refractivity contribution < 1.29 is 47.2 Å². The van der Waals surface area contributed by atoms with E-state index in [0.717, 1.165) is 57.8 Å². The van der Waals surface area contributed by atoms with Crippen molar-refractivity contribution in [1.82, 2.24) is 0 Å². The molecule has 0 rings (SSSR count). The Morgan fingerprint density at radius 3 is 1.59 bits per heavy atom. The summed E-state index contributed by atoms with van der Waals surface area (Å²) in [6, 6.07) is 0. The Morgan fingerprint density at radius 2 is 1.05 bits per heavy atom. The molecule has 0 aliphatic heterocycles. The van der Waals surface area contributed by atoms with Gasteiger partial charge in [-0.2, -0.15) is 0 Å². The van der Waals surface area contributed by atoms with E-state index in [1.54, 1.807) is 0 Å². The summed E-state index contributed by atoms with van der Waals surface area (Å²) >= 11 is 0. The molecule has 0 aromatic carbocycles. The molecule has 0 heterocycles. The molecule has 0 bridgehead atoms. The van der Waals surface area contributed by atoms with Crippen LogP contribution in [0.5, 0.6) is 0 Å². The summed E-state index contributed by atoms with van der Waals surface area (Å²) in [5, 5.41) is 9.57. The number of carbonyl (C=O) groups is 2. The van der Waals surface area contributed by atoms with Gasteiger partial charge >= 0.3 is 11.9 Å². The van der Waals surface area contributed by atoms with Crippen molar-refractivity contribution in [3.8, 4) is 0 Å². The molecule has 354 valence electrons. The zero-order chi connectivity index (χ0) is 45.1. The Morgan fingerprint density at radius 1 is 0.590 bits per heavy atom. The molecule has 0 saturated heterocycles. The Labute approximate surface area is 373 Å². The third kappa shape index (κ3) is 45.5. The van der Waals surface area contributed by atoms with Crippen molar-refractivity contribution in [3.63, 3.8) is 0 Å². The van der Waals surface area contributed by atoms with Gasteiger partial charge in [-0.15, -0.1) is 0 Å². The Bertz CT molecular complexity index is 1240. The fraction of sp³-hybridized carbons (Fsp3) is 0.760. The average Bonchev–Trinajstić information content (AvgIpc) is 3.21. The molecule has 1 N–H and O–H groups in total. The zero-order valence-corrected chi connectivity index (χ0v) is 40.4. The SMILES string of the molecule is CCCCCCCC/C=C\CCCCCCCCCCCC(=O)O[C@H](COC(=O)CCC/C=C\C/C=C\C/C=C\C/C=C\CC[C@@H](O)CC)COP(=O)([O-])OCC[N+](C)(C)C. The molecule has 0 saturated carbocycles. The van der Waals surface area contributed by atoms with Crippen molar-refractivity contribution >= 4 is 19.8 Å². The first-order valence-corrected chi connectivity index (χ1v) is 25.5. The van der Waals surface area contributed by atoms with Gasteiger partial charge in [-0.05, 0) is 83.5 Å². The lowest BCUT2D eigenvalue weighted by Crippen LogP contribution is -2.37. The molecule has 3 atom stereocenters. The molecule has 0 aliphatic rings. The number of aliphatic hydroxyl groups excluding tert-OH is 1. The Hall–Kier alpha value is -2.33. The topological polar surface area (TPSA) is 131 Å². The van der Waals surface area contributed by atoms with E-state index in [4.69, 9.17) is 18.5 Å². The van der Waals surface area contributed by atoms with Crippen molar-refractivity contribution in [2.75, 3.05) is 47.5 Å². The Kier molecular flexibility index (Phi) is 40.1. The first kappa shape index (κ1) is 58.7. The van der Waals surface area contributed by atoms with Crippen LogP contribution in [0.1, 0.15) is 187 Å². The largest absolute Gasteiger partial charge is 0.756 e. The minimum absolute atomic E-state index is 0.0474. The predicted octanol–water partition coefficient (Wildman–Crippen LogP) is 12.4. The van der Waals surface area contributed by atoms with Gasteiger partial charge in [0.25, 0.3) is 7.82 Å². The molecule has 11 heteroatoms. The van der Waals surface area contributed by atoms with Crippen LogP contribution >= 0.6 is 7.82 Å². The van der Waals surface area contributed by atoms with E-state index in [0.29, 0.717) is 30.3 Å². The summed E-state index contributed by atoms with van der Waals surface area (Å²) in [5.74, 6) is -0.922. The van der Waals surface area contributed by atoms with Crippen LogP contribution in [-0.4, -0.2) is 81.2 Å². The fourth-order valence-electron chi connectivity index (χ4n) is 6.21. The molecule has 61 heavy (non-hydrogen) atoms. The number of hydrogen-bond donors (Lipinski definition) is 1. The number of likely N-dealkylation sites (N-methyl/N-ethyl adjacent to an activating group) is 1. The highest BCUT2D eigenvalue weighted by molar-refractivity contribution is 7.45. The zero-order valence-electron chi connectivity index (χ0n) is 39.5. The van der Waals surface area contributed by atoms with Gasteiger partial charge in [0, 0.05) is 12.8 Å². The number of unbranched alkanes of at least 4 members (excludes halogenated alkanes) is 16. The average molecular weight is 880 g/mol. The predicted molar refractivity (Wildman–Crippen MR) is 251 cm³/mol. The van der Waals surface area contributed by atoms with Gasteiger partial charge in [0.1, 0.15) is 19.8 Å². The number of phosphoric ester groups is 1. The number of ether oxygens (including phenoxy) is 2. The van der Waals surface area contributed by atoms with Crippen LogP contribution < -0.4 is 4.89 Å². The summed E-state index contributed by atoms with van der Waals surface area (Å²) in [6.07, 6.45) is 47.7. The van der Waals surface area contributed by atoms with E-state index in [1.807, 2.05) is 34.1 Å². The number of nitrogens with zero attached hydrogens (tertiary/aromatic N) is 1. The number of carbonyl (C=O) groups excluding carboxylic acids is 2. The standard InChI is InChI=1S/C50H90NO9P/c1-6-8-9-10-11-12-13-14-15-16-17-18-19-24-27-30-33-36-39-42-50(54)60-48(46-59-61(55,56)58-44-43-51(3,4)5)45-57-49(53)41-38-35-32-29-26-23-21-20-22-25-28-31-34-37-40-47(52)7-2/h14-15,21-23,25,29,31-32,34,47-48,52H,6-13,16-20,24,26-28,30,33,35-46H2,1-5H3/b15-14-,23-21-,25-22-,32-29-,34-31-/t47-,48+/m0/s1. The molecular weight excluding hydrogens is 790 g/mol. The summed E-state index contributed by atoms with van der Waals surface area (Å²) in [7, 11) is 1.11. The minimum atomic E-state index is -4.65. The molecule has 0 aromatic rings. The number of hydrogen-bond acceptors (Lipinski definition) is 9. The van der Waals surface area contributed by atoms with Crippen LogP contribution in [0.15, 0.2) is 60.8 Å². The quantitative estimate of drug-likeness (QED) is 0.0209. The lowest BCUT2D eigenvalue weighted by atomic mass is 10.1. The van der Waals surface area contributed by atoms with E-state index in [9.17, 15) is 24.2 Å². The van der Waals surface area contributed by atoms with Gasteiger partial charge in [0.15, 0.2) is 6.10 Å². The maximum atomic E-state index is 12.7. The molecule has 1 unspecified atom stereocenters. The summed E-state index contributed by atoms with van der Waals surface area (Å²) in [4.78, 5) is 37.6. The third-order valence-electron chi connectivity index (χ3n) is 10.2. The molecule has 0 amide bonds. The number of esters is 2. The summed E-state index contributed by atoms with van der Waals surface area (Å²) in [5.41, 5.74) is 0. The highest BCUT2D eigenvalue weighted by Crippen LogP contribution is 2.38. The van der Waals surface area contributed by atoms with Crippen LogP contribution in [-0.2, 0) is 32.7 Å². The molecule has 0 aromatic heterocycles. The smallest absolute Gasteiger partial charge is 0.306 e. The van der Waals surface area contributed by atoms with Gasteiger partial charge in [-0.25, -0.2) is 0 Å². The maximum Gasteiger partial charge on any atom is 0.306 e. The monoisotopic (exact) mass is 880 g/mol. The first-order valence-electron chi connectivity index (χ1n) is 24.1. The maximum absolute atomic E-state index is 12.7. The molecule has 10 nitrogen and oxygen atoms in total. The summed E-state index contributed by atoms with van der Waals surface area (Å²) in [6.45, 7) is 3.87. The van der Waals surface area contributed by atoms with Crippen LogP contribution in [0.25, 0.3) is 0 Å². The summed E-state index contributed by atoms with van der Waals surface area (Å²) < 4.78 is 33.9. The molecule has 0 spiro atoms. The van der Waals surface area contributed by atoms with E-state index < -0.39 is 32.5 Å². The fourth-order valence-corrected chi connectivity index (χ4v) is 6.94. The highest BCUT2D eigenvalue weighted by Gasteiger charge is 2.21. The van der Waals surface area contributed by atoms with E-state index in [-0.39, 0.29) is 32.2 Å². The number of aliphatic hydroxyl groups is 1. The highest BCUT2D eigenvalue weighted by atomic mass is 31.2. The van der Waals surface area contributed by atoms with E-state index >= 15 is 0 Å². The first-order chi connectivity index (χ1) is 29.4. The normalized spacial score (nSPS) is 14.5.